The Hall–Kier alpha value is -3.35. The van der Waals surface area contributed by atoms with Crippen LogP contribution in [0.5, 0.6) is 5.75 Å². The molecule has 0 aliphatic rings. The van der Waals surface area contributed by atoms with Gasteiger partial charge in [0.25, 0.3) is 5.91 Å². The van der Waals surface area contributed by atoms with E-state index in [4.69, 9.17) is 14.1 Å². The molecule has 0 aliphatic heterocycles. The lowest BCUT2D eigenvalue weighted by molar-refractivity contribution is 0.0996. The average Bonchev–Trinajstić information content (AvgIpc) is 3.29. The van der Waals surface area contributed by atoms with Crippen LogP contribution in [0.15, 0.2) is 47.1 Å². The van der Waals surface area contributed by atoms with Gasteiger partial charge in [-0.3, -0.25) is 4.79 Å². The number of benzene rings is 1. The summed E-state index contributed by atoms with van der Waals surface area (Å²) in [6.07, 6.45) is 1.46. The summed E-state index contributed by atoms with van der Waals surface area (Å²) in [6.45, 7) is 4.92. The fourth-order valence-electron chi connectivity index (χ4n) is 3.01. The number of nitrogens with zero attached hydrogens (tertiary/aromatic N) is 3. The van der Waals surface area contributed by atoms with Crippen LogP contribution in [-0.2, 0) is 6.54 Å². The number of fused-ring (bicyclic) bond motifs is 2. The molecule has 0 spiro atoms. The third-order valence-corrected chi connectivity index (χ3v) is 4.24. The molecule has 7 heteroatoms. The summed E-state index contributed by atoms with van der Waals surface area (Å²) in [5.74, 6) is 1.48. The third kappa shape index (κ3) is 3.23. The Balaban J connectivity index is 1.85. The van der Waals surface area contributed by atoms with Crippen LogP contribution in [0.4, 0.5) is 5.82 Å². The van der Waals surface area contributed by atoms with Crippen molar-refractivity contribution in [2.75, 3.05) is 12.4 Å². The van der Waals surface area contributed by atoms with Gasteiger partial charge in [-0.25, -0.2) is 9.67 Å². The smallest absolute Gasteiger partial charge is 0.292 e. The number of anilines is 1. The van der Waals surface area contributed by atoms with Gasteiger partial charge in [0.05, 0.1) is 24.3 Å². The Morgan fingerprint density at radius 3 is 2.85 bits per heavy atom. The number of carbonyl (C=O) groups excluding carboxylic acids is 1. The minimum atomic E-state index is -0.346. The number of hydrogen-bond donors (Lipinski definition) is 1. The maximum atomic E-state index is 12.4. The van der Waals surface area contributed by atoms with Gasteiger partial charge in [-0.15, -0.1) is 0 Å². The molecule has 4 rings (SSSR count). The number of ether oxygens (including phenoxy) is 1. The van der Waals surface area contributed by atoms with Crippen molar-refractivity contribution in [3.8, 4) is 5.75 Å². The lowest BCUT2D eigenvalue weighted by Gasteiger charge is -2.06. The van der Waals surface area contributed by atoms with Crippen molar-refractivity contribution >= 4 is 33.7 Å². The summed E-state index contributed by atoms with van der Waals surface area (Å²) >= 11 is 0. The Labute approximate surface area is 155 Å². The van der Waals surface area contributed by atoms with E-state index in [0.717, 1.165) is 27.7 Å². The van der Waals surface area contributed by atoms with E-state index in [-0.39, 0.29) is 11.7 Å². The summed E-state index contributed by atoms with van der Waals surface area (Å²) in [5, 5.41) is 9.12. The zero-order chi connectivity index (χ0) is 19.0. The number of amides is 1. The van der Waals surface area contributed by atoms with Crippen molar-refractivity contribution in [3.05, 3.63) is 48.4 Å². The van der Waals surface area contributed by atoms with Gasteiger partial charge >= 0.3 is 0 Å². The van der Waals surface area contributed by atoms with E-state index in [1.807, 2.05) is 28.9 Å². The number of furan rings is 1. The summed E-state index contributed by atoms with van der Waals surface area (Å²) in [6, 6.07) is 11.0. The number of rotatable bonds is 5. The van der Waals surface area contributed by atoms with Gasteiger partial charge in [0.2, 0.25) is 0 Å². The molecular formula is C20H20N4O3. The number of nitrogens with one attached hydrogen (secondary N) is 1. The quantitative estimate of drug-likeness (QED) is 0.577. The number of carbonyl (C=O) groups is 1. The minimum Gasteiger partial charge on any atom is -0.497 e. The second-order valence-corrected chi connectivity index (χ2v) is 6.77. The molecule has 0 atom stereocenters. The molecule has 1 amide bonds. The first kappa shape index (κ1) is 17.1. The molecule has 0 unspecified atom stereocenters. The van der Waals surface area contributed by atoms with Crippen molar-refractivity contribution in [1.82, 2.24) is 14.8 Å². The van der Waals surface area contributed by atoms with Gasteiger partial charge in [-0.2, -0.15) is 5.10 Å². The first-order chi connectivity index (χ1) is 13.0. The standard InChI is InChI=1S/C20H20N4O3/c1-12(2)11-24-19-15(10-13-9-14(26-3)6-7-16(13)21-19)18(23-24)22-20(25)17-5-4-8-27-17/h4-10,12H,11H2,1-3H3,(H,22,23,25). The van der Waals surface area contributed by atoms with Gasteiger partial charge in [-0.05, 0) is 42.3 Å². The van der Waals surface area contributed by atoms with E-state index < -0.39 is 0 Å². The Bertz CT molecular complexity index is 1110. The molecule has 4 aromatic rings. The van der Waals surface area contributed by atoms with Crippen molar-refractivity contribution in [2.45, 2.75) is 20.4 Å². The number of aromatic nitrogens is 3. The van der Waals surface area contributed by atoms with Crippen LogP contribution in [0.1, 0.15) is 24.4 Å². The average molecular weight is 364 g/mol. The highest BCUT2D eigenvalue weighted by Gasteiger charge is 2.18. The Morgan fingerprint density at radius 2 is 2.15 bits per heavy atom. The molecule has 27 heavy (non-hydrogen) atoms. The molecule has 1 aromatic carbocycles. The molecule has 7 nitrogen and oxygen atoms in total. The molecule has 138 valence electrons. The predicted molar refractivity (Wildman–Crippen MR) is 103 cm³/mol. The molecule has 0 saturated heterocycles. The first-order valence-electron chi connectivity index (χ1n) is 8.75. The number of methoxy groups -OCH3 is 1. The monoisotopic (exact) mass is 364 g/mol. The van der Waals surface area contributed by atoms with Crippen molar-refractivity contribution in [1.29, 1.82) is 0 Å². The largest absolute Gasteiger partial charge is 0.497 e. The summed E-state index contributed by atoms with van der Waals surface area (Å²) in [5.41, 5.74) is 1.58. The molecular weight excluding hydrogens is 344 g/mol. The highest BCUT2D eigenvalue weighted by atomic mass is 16.5. The molecule has 3 aromatic heterocycles. The van der Waals surface area contributed by atoms with Gasteiger partial charge < -0.3 is 14.5 Å². The van der Waals surface area contributed by atoms with E-state index in [2.05, 4.69) is 24.3 Å². The van der Waals surface area contributed by atoms with Crippen LogP contribution in [0.25, 0.3) is 21.9 Å². The lowest BCUT2D eigenvalue weighted by atomic mass is 10.1. The zero-order valence-electron chi connectivity index (χ0n) is 15.4. The van der Waals surface area contributed by atoms with Gasteiger partial charge in [-0.1, -0.05) is 13.8 Å². The highest BCUT2D eigenvalue weighted by Crippen LogP contribution is 2.28. The van der Waals surface area contributed by atoms with Crippen LogP contribution in [-0.4, -0.2) is 27.8 Å². The molecule has 0 fully saturated rings. The predicted octanol–water partition coefficient (Wildman–Crippen LogP) is 4.09. The molecule has 0 radical (unpaired) electrons. The lowest BCUT2D eigenvalue weighted by Crippen LogP contribution is -2.12. The second kappa shape index (κ2) is 6.75. The topological polar surface area (TPSA) is 82.2 Å². The van der Waals surface area contributed by atoms with E-state index in [0.29, 0.717) is 18.3 Å². The SMILES string of the molecule is COc1ccc2nc3c(cc2c1)c(NC(=O)c1ccco1)nn3CC(C)C. The van der Waals surface area contributed by atoms with E-state index in [1.54, 1.807) is 19.2 Å². The normalized spacial score (nSPS) is 11.4. The number of pyridine rings is 1. The van der Waals surface area contributed by atoms with Crippen LogP contribution < -0.4 is 10.1 Å². The molecule has 3 heterocycles. The van der Waals surface area contributed by atoms with Gasteiger partial charge in [0, 0.05) is 11.9 Å². The highest BCUT2D eigenvalue weighted by molar-refractivity contribution is 6.07. The maximum absolute atomic E-state index is 12.4. The van der Waals surface area contributed by atoms with Crippen LogP contribution in [0, 0.1) is 5.92 Å². The van der Waals surface area contributed by atoms with Crippen molar-refractivity contribution < 1.29 is 13.9 Å². The van der Waals surface area contributed by atoms with Crippen LogP contribution >= 0.6 is 0 Å². The van der Waals surface area contributed by atoms with Crippen LogP contribution in [0.2, 0.25) is 0 Å². The summed E-state index contributed by atoms with van der Waals surface area (Å²) in [4.78, 5) is 17.2. The maximum Gasteiger partial charge on any atom is 0.292 e. The fraction of sp³-hybridized carbons (Fsp3) is 0.250. The molecule has 0 aliphatic carbocycles. The van der Waals surface area contributed by atoms with E-state index in [9.17, 15) is 4.79 Å². The molecule has 1 N–H and O–H groups in total. The molecule has 0 bridgehead atoms. The van der Waals surface area contributed by atoms with Crippen molar-refractivity contribution in [2.24, 2.45) is 5.92 Å². The van der Waals surface area contributed by atoms with Crippen LogP contribution in [0.3, 0.4) is 0 Å². The number of hydrogen-bond acceptors (Lipinski definition) is 5. The fourth-order valence-corrected chi connectivity index (χ4v) is 3.01. The second-order valence-electron chi connectivity index (χ2n) is 6.77. The summed E-state index contributed by atoms with van der Waals surface area (Å²) in [7, 11) is 1.63. The van der Waals surface area contributed by atoms with Crippen molar-refractivity contribution in [3.63, 3.8) is 0 Å². The molecule has 0 saturated carbocycles. The third-order valence-electron chi connectivity index (χ3n) is 4.24. The Kier molecular flexibility index (Phi) is 4.27. The summed E-state index contributed by atoms with van der Waals surface area (Å²) < 4.78 is 12.3. The van der Waals surface area contributed by atoms with Gasteiger partial charge in [0.1, 0.15) is 5.75 Å². The zero-order valence-corrected chi connectivity index (χ0v) is 15.4. The van der Waals surface area contributed by atoms with E-state index >= 15 is 0 Å². The van der Waals surface area contributed by atoms with E-state index in [1.165, 1.54) is 6.26 Å². The Morgan fingerprint density at radius 1 is 1.30 bits per heavy atom. The van der Waals surface area contributed by atoms with Gasteiger partial charge in [0.15, 0.2) is 17.2 Å². The first-order valence-corrected chi connectivity index (χ1v) is 8.75. The minimum absolute atomic E-state index is 0.233.